The molecule has 0 amide bonds. The Labute approximate surface area is 129 Å². The zero-order valence-electron chi connectivity index (χ0n) is 12.1. The molecule has 0 fully saturated rings. The topological polar surface area (TPSA) is 21.3 Å². The van der Waals surface area contributed by atoms with Gasteiger partial charge in [0.2, 0.25) is 0 Å². The van der Waals surface area contributed by atoms with Crippen molar-refractivity contribution in [2.45, 2.75) is 26.3 Å². The van der Waals surface area contributed by atoms with Gasteiger partial charge in [0.1, 0.15) is 5.75 Å². The summed E-state index contributed by atoms with van der Waals surface area (Å²) in [7, 11) is 1.70. The van der Waals surface area contributed by atoms with Gasteiger partial charge >= 0.3 is 0 Å². The molecule has 2 nitrogen and oxygen atoms in total. The maximum absolute atomic E-state index is 5.41. The number of hydrogen-bond donors (Lipinski definition) is 1. The highest BCUT2D eigenvalue weighted by molar-refractivity contribution is 9.10. The number of nitrogens with one attached hydrogen (secondary N) is 1. The second kappa shape index (κ2) is 6.80. The first-order chi connectivity index (χ1) is 9.61. The SMILES string of the molecule is COc1ccc(Br)cc1CNc1ccccc1C(C)C. The Morgan fingerprint density at radius 3 is 2.60 bits per heavy atom. The van der Waals surface area contributed by atoms with E-state index >= 15 is 0 Å². The van der Waals surface area contributed by atoms with Gasteiger partial charge in [0, 0.05) is 22.3 Å². The Kier molecular flexibility index (Phi) is 5.07. The van der Waals surface area contributed by atoms with Crippen molar-refractivity contribution in [2.24, 2.45) is 0 Å². The molecule has 0 saturated heterocycles. The lowest BCUT2D eigenvalue weighted by Gasteiger charge is -2.16. The van der Waals surface area contributed by atoms with Crippen molar-refractivity contribution in [3.63, 3.8) is 0 Å². The summed E-state index contributed by atoms with van der Waals surface area (Å²) < 4.78 is 6.47. The van der Waals surface area contributed by atoms with Crippen LogP contribution in [0.25, 0.3) is 0 Å². The summed E-state index contributed by atoms with van der Waals surface area (Å²) in [6, 6.07) is 14.5. The highest BCUT2D eigenvalue weighted by Crippen LogP contribution is 2.27. The third-order valence-corrected chi connectivity index (χ3v) is 3.79. The fourth-order valence-electron chi connectivity index (χ4n) is 2.24. The predicted molar refractivity (Wildman–Crippen MR) is 88.6 cm³/mol. The first-order valence-corrected chi connectivity index (χ1v) is 7.56. The number of benzene rings is 2. The van der Waals surface area contributed by atoms with Crippen molar-refractivity contribution in [1.82, 2.24) is 0 Å². The molecule has 0 aliphatic heterocycles. The molecule has 0 heterocycles. The molecule has 0 unspecified atom stereocenters. The van der Waals surface area contributed by atoms with E-state index < -0.39 is 0 Å². The smallest absolute Gasteiger partial charge is 0.123 e. The van der Waals surface area contributed by atoms with Crippen molar-refractivity contribution >= 4 is 21.6 Å². The van der Waals surface area contributed by atoms with Gasteiger partial charge in [-0.1, -0.05) is 48.0 Å². The number of para-hydroxylation sites is 1. The molecule has 0 radical (unpaired) electrons. The molecule has 0 atom stereocenters. The van der Waals surface area contributed by atoms with Gasteiger partial charge in [-0.05, 0) is 35.7 Å². The summed E-state index contributed by atoms with van der Waals surface area (Å²) in [5.74, 6) is 1.41. The summed E-state index contributed by atoms with van der Waals surface area (Å²) in [6.45, 7) is 5.16. The summed E-state index contributed by atoms with van der Waals surface area (Å²) in [4.78, 5) is 0. The van der Waals surface area contributed by atoms with Gasteiger partial charge in [-0.2, -0.15) is 0 Å². The normalized spacial score (nSPS) is 10.7. The molecule has 0 aromatic heterocycles. The van der Waals surface area contributed by atoms with Crippen molar-refractivity contribution in [2.75, 3.05) is 12.4 Å². The van der Waals surface area contributed by atoms with Gasteiger partial charge in [0.15, 0.2) is 0 Å². The molecule has 20 heavy (non-hydrogen) atoms. The second-order valence-corrected chi connectivity index (χ2v) is 5.97. The average Bonchev–Trinajstić information content (AvgIpc) is 2.45. The van der Waals surface area contributed by atoms with Gasteiger partial charge in [0.05, 0.1) is 7.11 Å². The Morgan fingerprint density at radius 2 is 1.90 bits per heavy atom. The van der Waals surface area contributed by atoms with Crippen LogP contribution in [0.3, 0.4) is 0 Å². The van der Waals surface area contributed by atoms with E-state index in [0.29, 0.717) is 5.92 Å². The number of ether oxygens (including phenoxy) is 1. The Morgan fingerprint density at radius 1 is 1.15 bits per heavy atom. The van der Waals surface area contributed by atoms with E-state index in [-0.39, 0.29) is 0 Å². The molecule has 0 saturated carbocycles. The van der Waals surface area contributed by atoms with E-state index in [1.165, 1.54) is 11.3 Å². The fraction of sp³-hybridized carbons (Fsp3) is 0.294. The summed E-state index contributed by atoms with van der Waals surface area (Å²) in [5.41, 5.74) is 3.66. The lowest BCUT2D eigenvalue weighted by molar-refractivity contribution is 0.410. The van der Waals surface area contributed by atoms with Gasteiger partial charge in [0.25, 0.3) is 0 Å². The average molecular weight is 334 g/mol. The van der Waals surface area contributed by atoms with Crippen molar-refractivity contribution < 1.29 is 4.74 Å². The van der Waals surface area contributed by atoms with E-state index in [0.717, 1.165) is 22.3 Å². The van der Waals surface area contributed by atoms with E-state index in [1.54, 1.807) is 7.11 Å². The van der Waals surface area contributed by atoms with Gasteiger partial charge in [-0.3, -0.25) is 0 Å². The van der Waals surface area contributed by atoms with Crippen LogP contribution in [-0.4, -0.2) is 7.11 Å². The van der Waals surface area contributed by atoms with Crippen LogP contribution in [0.2, 0.25) is 0 Å². The largest absolute Gasteiger partial charge is 0.496 e. The van der Waals surface area contributed by atoms with E-state index in [9.17, 15) is 0 Å². The summed E-state index contributed by atoms with van der Waals surface area (Å²) in [6.07, 6.45) is 0. The van der Waals surface area contributed by atoms with Crippen LogP contribution in [0, 0.1) is 0 Å². The van der Waals surface area contributed by atoms with E-state index in [4.69, 9.17) is 4.74 Å². The third-order valence-electron chi connectivity index (χ3n) is 3.29. The standard InChI is InChI=1S/C17H20BrNO/c1-12(2)15-6-4-5-7-16(15)19-11-13-10-14(18)8-9-17(13)20-3/h4-10,12,19H,11H2,1-3H3. The Bertz CT molecular complexity index is 581. The summed E-state index contributed by atoms with van der Waals surface area (Å²) in [5, 5.41) is 3.51. The first kappa shape index (κ1) is 14.9. The molecule has 106 valence electrons. The maximum Gasteiger partial charge on any atom is 0.123 e. The summed E-state index contributed by atoms with van der Waals surface area (Å²) >= 11 is 3.51. The van der Waals surface area contributed by atoms with E-state index in [2.05, 4.69) is 65.4 Å². The first-order valence-electron chi connectivity index (χ1n) is 6.77. The molecular weight excluding hydrogens is 314 g/mol. The molecule has 2 rings (SSSR count). The minimum Gasteiger partial charge on any atom is -0.496 e. The molecule has 0 spiro atoms. The number of anilines is 1. The van der Waals surface area contributed by atoms with Gasteiger partial charge < -0.3 is 10.1 Å². The molecule has 1 N–H and O–H groups in total. The quantitative estimate of drug-likeness (QED) is 0.812. The van der Waals surface area contributed by atoms with Crippen LogP contribution < -0.4 is 10.1 Å². The second-order valence-electron chi connectivity index (χ2n) is 5.05. The van der Waals surface area contributed by atoms with Crippen molar-refractivity contribution in [3.05, 3.63) is 58.1 Å². The molecule has 0 bridgehead atoms. The van der Waals surface area contributed by atoms with Crippen LogP contribution in [0.1, 0.15) is 30.9 Å². The monoisotopic (exact) mass is 333 g/mol. The molecule has 2 aromatic rings. The molecule has 0 aliphatic rings. The van der Waals surface area contributed by atoms with Crippen molar-refractivity contribution in [1.29, 1.82) is 0 Å². The lowest BCUT2D eigenvalue weighted by atomic mass is 10.0. The lowest BCUT2D eigenvalue weighted by Crippen LogP contribution is -2.04. The van der Waals surface area contributed by atoms with E-state index in [1.807, 2.05) is 12.1 Å². The molecule has 0 aliphatic carbocycles. The van der Waals surface area contributed by atoms with Crippen LogP contribution in [0.4, 0.5) is 5.69 Å². The molecular formula is C17H20BrNO. The Balaban J connectivity index is 2.19. The van der Waals surface area contributed by atoms with Crippen LogP contribution in [-0.2, 0) is 6.54 Å². The maximum atomic E-state index is 5.41. The minimum atomic E-state index is 0.503. The third kappa shape index (κ3) is 3.54. The number of halogens is 1. The highest BCUT2D eigenvalue weighted by Gasteiger charge is 2.07. The molecule has 3 heteroatoms. The van der Waals surface area contributed by atoms with Crippen LogP contribution in [0.5, 0.6) is 5.75 Å². The van der Waals surface area contributed by atoms with Crippen LogP contribution >= 0.6 is 15.9 Å². The van der Waals surface area contributed by atoms with Gasteiger partial charge in [-0.15, -0.1) is 0 Å². The minimum absolute atomic E-state index is 0.503. The zero-order chi connectivity index (χ0) is 14.5. The number of hydrogen-bond acceptors (Lipinski definition) is 2. The fourth-order valence-corrected chi connectivity index (χ4v) is 2.65. The van der Waals surface area contributed by atoms with Crippen molar-refractivity contribution in [3.8, 4) is 5.75 Å². The molecule has 2 aromatic carbocycles. The zero-order valence-corrected chi connectivity index (χ0v) is 13.7. The highest BCUT2D eigenvalue weighted by atomic mass is 79.9. The number of rotatable bonds is 5. The van der Waals surface area contributed by atoms with Gasteiger partial charge in [-0.25, -0.2) is 0 Å². The Hall–Kier alpha value is -1.48. The number of methoxy groups -OCH3 is 1. The van der Waals surface area contributed by atoms with Crippen LogP contribution in [0.15, 0.2) is 46.9 Å². The predicted octanol–water partition coefficient (Wildman–Crippen LogP) is 5.19.